The number of benzene rings is 20. The van der Waals surface area contributed by atoms with Gasteiger partial charge in [0.05, 0.1) is 45.3 Å². The van der Waals surface area contributed by atoms with Crippen LogP contribution >= 0.6 is 0 Å². The van der Waals surface area contributed by atoms with E-state index in [0.29, 0.717) is 11.1 Å². The summed E-state index contributed by atoms with van der Waals surface area (Å²) in [7, 11) is 0. The molecule has 506 valence electrons. The van der Waals surface area contributed by atoms with Gasteiger partial charge in [-0.2, -0.15) is 10.5 Å². The van der Waals surface area contributed by atoms with Crippen LogP contribution in [0.3, 0.4) is 0 Å². The first kappa shape index (κ1) is 62.4. The van der Waals surface area contributed by atoms with Crippen molar-refractivity contribution >= 4 is 141 Å². The first-order valence-corrected chi connectivity index (χ1v) is 37.4. The lowest BCUT2D eigenvalue weighted by Gasteiger charge is -2.17. The van der Waals surface area contributed by atoms with E-state index in [1.807, 2.05) is 36.7 Å². The minimum Gasteiger partial charge on any atom is -0.309 e. The molecular formula is C105H61N5. The summed E-state index contributed by atoms with van der Waals surface area (Å²) in [6, 6.07) is 134. The van der Waals surface area contributed by atoms with Crippen molar-refractivity contribution < 1.29 is 0 Å². The van der Waals surface area contributed by atoms with E-state index in [4.69, 9.17) is 0 Å². The highest BCUT2D eigenvalue weighted by molar-refractivity contribution is 6.31. The molecule has 0 aliphatic heterocycles. The Balaban J connectivity index is 0.000000136. The van der Waals surface area contributed by atoms with Crippen LogP contribution in [-0.4, -0.2) is 14.1 Å². The molecule has 0 unspecified atom stereocenters. The predicted molar refractivity (Wildman–Crippen MR) is 461 cm³/mol. The van der Waals surface area contributed by atoms with Crippen molar-refractivity contribution in [2.45, 2.75) is 0 Å². The number of nitriles is 2. The third kappa shape index (κ3) is 9.49. The van der Waals surface area contributed by atoms with Crippen molar-refractivity contribution in [2.24, 2.45) is 0 Å². The molecule has 23 rings (SSSR count). The Labute approximate surface area is 632 Å². The van der Waals surface area contributed by atoms with Crippen LogP contribution < -0.4 is 0 Å². The molecule has 5 nitrogen and oxygen atoms in total. The van der Waals surface area contributed by atoms with Gasteiger partial charge in [-0.25, -0.2) is 0 Å². The number of hydrogen-bond acceptors (Lipinski definition) is 3. The van der Waals surface area contributed by atoms with E-state index in [-0.39, 0.29) is 0 Å². The molecule has 0 spiro atoms. The molecule has 20 aromatic carbocycles. The van der Waals surface area contributed by atoms with Crippen molar-refractivity contribution in [3.63, 3.8) is 0 Å². The molecule has 0 bridgehead atoms. The van der Waals surface area contributed by atoms with Gasteiger partial charge < -0.3 is 9.13 Å². The number of fused-ring (bicyclic) bond motifs is 11. The van der Waals surface area contributed by atoms with Gasteiger partial charge in [0.2, 0.25) is 0 Å². The van der Waals surface area contributed by atoms with E-state index < -0.39 is 0 Å². The highest BCUT2D eigenvalue weighted by atomic mass is 15.0. The van der Waals surface area contributed by atoms with Gasteiger partial charge in [-0.15, -0.1) is 0 Å². The molecule has 0 radical (unpaired) electrons. The Bertz CT molecular complexity index is 7810. The topological polar surface area (TPSA) is 70.3 Å². The number of aromatic nitrogens is 3. The van der Waals surface area contributed by atoms with Crippen molar-refractivity contribution in [3.8, 4) is 90.3 Å². The summed E-state index contributed by atoms with van der Waals surface area (Å²) in [5.41, 5.74) is 22.5. The highest BCUT2D eigenvalue weighted by Crippen LogP contribution is 2.49. The standard InChI is InChI=1S/C55H32N2.C50H29N3/c56-33-37-25-29-52-54-41(37)26-27-47-40(28-30-53(55(47)54)57(52)38-13-2-1-3-14-38)35-21-23-36(24-22-35)48-31-50-46-19-9-8-18-45(46)49(32-51(50)44-17-7-6-16-43(44)48)42-20-10-12-34-11-4-5-15-39(34)42;51-29-33-20-24-47-49-37(33)21-22-42-36(23-25-48(50(42)49)53(47)35-10-2-1-3-11-35)31-16-18-32(19-17-31)43-27-45-41-15-7-5-13-39(41)44(34-9-8-26-52-30-34)28-46(45)40-14-6-4-12-38(40)43/h1-32H;1-28,30H. The van der Waals surface area contributed by atoms with E-state index in [2.05, 4.69) is 360 Å². The van der Waals surface area contributed by atoms with Crippen molar-refractivity contribution in [2.75, 3.05) is 0 Å². The second-order valence-corrected chi connectivity index (χ2v) is 28.9. The van der Waals surface area contributed by atoms with Gasteiger partial charge in [0, 0.05) is 61.6 Å². The lowest BCUT2D eigenvalue weighted by atomic mass is 9.86. The summed E-state index contributed by atoms with van der Waals surface area (Å²) < 4.78 is 4.66. The molecule has 0 fully saturated rings. The third-order valence-electron chi connectivity index (χ3n) is 23.3. The average molecular weight is 1390 g/mol. The highest BCUT2D eigenvalue weighted by Gasteiger charge is 2.25. The summed E-state index contributed by atoms with van der Waals surface area (Å²) in [4.78, 5) is 4.44. The molecule has 3 heterocycles. The fraction of sp³-hybridized carbons (Fsp3) is 0. The molecule has 0 saturated carbocycles. The number of nitrogens with zero attached hydrogens (tertiary/aromatic N) is 5. The van der Waals surface area contributed by atoms with Crippen molar-refractivity contribution in [1.82, 2.24) is 14.1 Å². The van der Waals surface area contributed by atoms with Crippen LogP contribution in [0, 0.1) is 22.7 Å². The van der Waals surface area contributed by atoms with Crippen LogP contribution in [0.4, 0.5) is 0 Å². The molecule has 3 aromatic heterocycles. The Kier molecular flexibility index (Phi) is 14.1. The Morgan fingerprint density at radius 2 is 0.545 bits per heavy atom. The summed E-state index contributed by atoms with van der Waals surface area (Å²) in [6.07, 6.45) is 3.79. The van der Waals surface area contributed by atoms with Gasteiger partial charge in [0.1, 0.15) is 0 Å². The molecule has 5 heteroatoms. The smallest absolute Gasteiger partial charge is 0.0998 e. The van der Waals surface area contributed by atoms with Crippen LogP contribution in [0.2, 0.25) is 0 Å². The summed E-state index contributed by atoms with van der Waals surface area (Å²) in [6.45, 7) is 0. The summed E-state index contributed by atoms with van der Waals surface area (Å²) in [5, 5.41) is 46.6. The van der Waals surface area contributed by atoms with E-state index in [1.54, 1.807) is 0 Å². The average Bonchev–Trinajstić information content (AvgIpc) is 1.46. The van der Waals surface area contributed by atoms with Crippen LogP contribution in [0.15, 0.2) is 370 Å². The fourth-order valence-corrected chi connectivity index (χ4v) is 18.4. The van der Waals surface area contributed by atoms with Crippen LogP contribution in [0.5, 0.6) is 0 Å². The minimum atomic E-state index is 0.699. The van der Waals surface area contributed by atoms with Gasteiger partial charge in [-0.1, -0.05) is 267 Å². The molecule has 0 N–H and O–H groups in total. The van der Waals surface area contributed by atoms with Gasteiger partial charge >= 0.3 is 0 Å². The lowest BCUT2D eigenvalue weighted by Crippen LogP contribution is -1.93. The van der Waals surface area contributed by atoms with E-state index in [1.165, 1.54) is 147 Å². The Morgan fingerprint density at radius 3 is 0.964 bits per heavy atom. The maximum absolute atomic E-state index is 10.1. The summed E-state index contributed by atoms with van der Waals surface area (Å²) >= 11 is 0. The van der Waals surface area contributed by atoms with Gasteiger partial charge in [-0.05, 0) is 238 Å². The molecule has 0 atom stereocenters. The molecule has 0 aliphatic carbocycles. The predicted octanol–water partition coefficient (Wildman–Crippen LogP) is 28.0. The molecule has 0 saturated heterocycles. The van der Waals surface area contributed by atoms with Gasteiger partial charge in [0.15, 0.2) is 0 Å². The molecule has 0 aliphatic rings. The Morgan fingerprint density at radius 1 is 0.209 bits per heavy atom. The van der Waals surface area contributed by atoms with Crippen LogP contribution in [0.25, 0.3) is 219 Å². The molecule has 0 amide bonds. The van der Waals surface area contributed by atoms with Crippen molar-refractivity contribution in [3.05, 3.63) is 381 Å². The van der Waals surface area contributed by atoms with E-state index >= 15 is 0 Å². The van der Waals surface area contributed by atoms with Crippen molar-refractivity contribution in [1.29, 1.82) is 10.5 Å². The zero-order valence-corrected chi connectivity index (χ0v) is 59.5. The minimum absolute atomic E-state index is 0.699. The number of para-hydroxylation sites is 2. The van der Waals surface area contributed by atoms with E-state index in [9.17, 15) is 10.5 Å². The maximum Gasteiger partial charge on any atom is 0.0998 e. The summed E-state index contributed by atoms with van der Waals surface area (Å²) in [5.74, 6) is 0. The molecule has 23 aromatic rings. The Hall–Kier alpha value is -15.0. The van der Waals surface area contributed by atoms with Gasteiger partial charge in [0.25, 0.3) is 0 Å². The zero-order chi connectivity index (χ0) is 72.7. The zero-order valence-electron chi connectivity index (χ0n) is 59.5. The monoisotopic (exact) mass is 1390 g/mol. The number of rotatable bonds is 8. The molecular weight excluding hydrogens is 1330 g/mol. The fourth-order valence-electron chi connectivity index (χ4n) is 18.4. The first-order valence-electron chi connectivity index (χ1n) is 37.4. The first-order chi connectivity index (χ1) is 54.5. The number of pyridine rings is 1. The largest absolute Gasteiger partial charge is 0.309 e. The normalized spacial score (nSPS) is 11.8. The quantitative estimate of drug-likeness (QED) is 0.142. The second-order valence-electron chi connectivity index (χ2n) is 28.9. The van der Waals surface area contributed by atoms with Crippen LogP contribution in [0.1, 0.15) is 11.1 Å². The van der Waals surface area contributed by atoms with Crippen LogP contribution in [-0.2, 0) is 0 Å². The van der Waals surface area contributed by atoms with E-state index in [0.717, 1.165) is 71.7 Å². The third-order valence-corrected chi connectivity index (χ3v) is 23.3. The van der Waals surface area contributed by atoms with Gasteiger partial charge in [-0.3, -0.25) is 4.98 Å². The number of hydrogen-bond donors (Lipinski definition) is 0. The molecule has 110 heavy (non-hydrogen) atoms. The second kappa shape index (κ2) is 24.8. The SMILES string of the molecule is N#Cc1ccc2c3c1ccc1c(-c4ccc(-c5cc6c7ccccc7c(-c7cccc8ccccc78)cc6c6ccccc56)cc4)ccc(c13)n2-c1ccccc1.N#Cc1ccc2c3c1ccc1c(-c4ccc(-c5cc6c7ccccc7c(-c7cccnc7)cc6c6ccccc56)cc4)ccc(c13)n2-c1ccccc1. The lowest BCUT2D eigenvalue weighted by molar-refractivity contribution is 1.18. The maximum atomic E-state index is 10.1.